The van der Waals surface area contributed by atoms with Gasteiger partial charge in [-0.25, -0.2) is 0 Å². The van der Waals surface area contributed by atoms with E-state index in [0.717, 1.165) is 0 Å². The molecule has 1 aromatic rings. The number of hydrogen-bond acceptors (Lipinski definition) is 1. The third kappa shape index (κ3) is 2.58. The van der Waals surface area contributed by atoms with E-state index in [1.54, 1.807) is 0 Å². The van der Waals surface area contributed by atoms with Crippen molar-refractivity contribution in [3.05, 3.63) is 28.6 Å². The molecule has 0 saturated carbocycles. The van der Waals surface area contributed by atoms with E-state index in [9.17, 15) is 0 Å². The van der Waals surface area contributed by atoms with Crippen molar-refractivity contribution in [1.29, 1.82) is 0 Å². The van der Waals surface area contributed by atoms with Crippen LogP contribution >= 0.6 is 0 Å². The first-order valence-electron chi connectivity index (χ1n) is 5.72. The minimum atomic E-state index is 0.144. The number of aromatic nitrogens is 1. The van der Waals surface area contributed by atoms with Crippen LogP contribution in [-0.4, -0.2) is 4.98 Å². The summed E-state index contributed by atoms with van der Waals surface area (Å²) in [6.07, 6.45) is 0. The highest BCUT2D eigenvalue weighted by Gasteiger charge is 2.18. The van der Waals surface area contributed by atoms with E-state index in [1.165, 1.54) is 22.5 Å². The van der Waals surface area contributed by atoms with Crippen LogP contribution in [0.3, 0.4) is 0 Å². The topological polar surface area (TPSA) is 12.9 Å². The first kappa shape index (κ1) is 12.2. The normalized spacial score (nSPS) is 12.3. The van der Waals surface area contributed by atoms with Gasteiger partial charge in [-0.3, -0.25) is 4.98 Å². The Hall–Kier alpha value is -0.850. The van der Waals surface area contributed by atoms with E-state index in [0.29, 0.717) is 5.92 Å². The van der Waals surface area contributed by atoms with Crippen LogP contribution in [0.25, 0.3) is 0 Å². The molecule has 0 unspecified atom stereocenters. The molecule has 1 nitrogen and oxygen atoms in total. The molecule has 0 aromatic carbocycles. The van der Waals surface area contributed by atoms with Gasteiger partial charge in [-0.2, -0.15) is 0 Å². The molecule has 0 N–H and O–H groups in total. The second-order valence-electron chi connectivity index (χ2n) is 5.73. The van der Waals surface area contributed by atoms with E-state index in [-0.39, 0.29) is 5.41 Å². The van der Waals surface area contributed by atoms with E-state index in [4.69, 9.17) is 4.98 Å². The molecule has 0 aliphatic carbocycles. The molecule has 0 atom stereocenters. The second-order valence-corrected chi connectivity index (χ2v) is 5.73. The van der Waals surface area contributed by atoms with E-state index >= 15 is 0 Å². The minimum absolute atomic E-state index is 0.144. The quantitative estimate of drug-likeness (QED) is 0.672. The SMILES string of the molecule is Cc1cc(C(C)(C)C)nc(C)c1C(C)C. The van der Waals surface area contributed by atoms with Crippen molar-refractivity contribution in [3.8, 4) is 0 Å². The fourth-order valence-corrected chi connectivity index (χ4v) is 2.10. The molecule has 84 valence electrons. The van der Waals surface area contributed by atoms with Crippen LogP contribution < -0.4 is 0 Å². The average Bonchev–Trinajstić information content (AvgIpc) is 1.99. The van der Waals surface area contributed by atoms with Crippen molar-refractivity contribution < 1.29 is 0 Å². The van der Waals surface area contributed by atoms with Crippen molar-refractivity contribution >= 4 is 0 Å². The summed E-state index contributed by atoms with van der Waals surface area (Å²) in [6.45, 7) is 15.4. The molecule has 0 aliphatic rings. The summed E-state index contributed by atoms with van der Waals surface area (Å²) >= 11 is 0. The first-order chi connectivity index (χ1) is 6.73. The van der Waals surface area contributed by atoms with Crippen LogP contribution in [0.5, 0.6) is 0 Å². The van der Waals surface area contributed by atoms with Gasteiger partial charge in [-0.1, -0.05) is 34.6 Å². The Bertz CT molecular complexity index is 333. The fourth-order valence-electron chi connectivity index (χ4n) is 2.10. The van der Waals surface area contributed by atoms with Crippen molar-refractivity contribution in [2.24, 2.45) is 0 Å². The molecular formula is C14H23N. The van der Waals surface area contributed by atoms with Crippen molar-refractivity contribution in [2.45, 2.75) is 59.8 Å². The summed E-state index contributed by atoms with van der Waals surface area (Å²) in [5, 5.41) is 0. The molecule has 0 spiro atoms. The van der Waals surface area contributed by atoms with Gasteiger partial charge in [0.25, 0.3) is 0 Å². The molecule has 0 fully saturated rings. The molecule has 1 aromatic heterocycles. The maximum atomic E-state index is 4.73. The lowest BCUT2D eigenvalue weighted by Gasteiger charge is -2.22. The van der Waals surface area contributed by atoms with Crippen LogP contribution in [0.4, 0.5) is 0 Å². The Kier molecular flexibility index (Phi) is 3.22. The smallest absolute Gasteiger partial charge is 0.0463 e. The standard InChI is InChI=1S/C14H23N/c1-9(2)13-10(3)8-12(14(5,6)7)15-11(13)4/h8-9H,1-7H3. The fraction of sp³-hybridized carbons (Fsp3) is 0.643. The third-order valence-corrected chi connectivity index (χ3v) is 2.80. The monoisotopic (exact) mass is 205 g/mol. The lowest BCUT2D eigenvalue weighted by molar-refractivity contribution is 0.564. The first-order valence-corrected chi connectivity index (χ1v) is 5.72. The lowest BCUT2D eigenvalue weighted by Crippen LogP contribution is -2.16. The highest BCUT2D eigenvalue weighted by molar-refractivity contribution is 5.35. The van der Waals surface area contributed by atoms with Gasteiger partial charge in [0.15, 0.2) is 0 Å². The molecule has 0 amide bonds. The van der Waals surface area contributed by atoms with E-state index in [1.807, 2.05) is 0 Å². The number of rotatable bonds is 1. The molecule has 0 bridgehead atoms. The molecule has 0 aliphatic heterocycles. The van der Waals surface area contributed by atoms with Crippen LogP contribution in [0.15, 0.2) is 6.07 Å². The third-order valence-electron chi connectivity index (χ3n) is 2.80. The molecule has 0 radical (unpaired) electrons. The van der Waals surface area contributed by atoms with Crippen LogP contribution in [0.2, 0.25) is 0 Å². The maximum Gasteiger partial charge on any atom is 0.0463 e. The molecule has 1 heterocycles. The Morgan fingerprint density at radius 2 is 1.67 bits per heavy atom. The minimum Gasteiger partial charge on any atom is -0.257 e. The molecular weight excluding hydrogens is 182 g/mol. The van der Waals surface area contributed by atoms with Crippen LogP contribution in [0.1, 0.15) is 63.1 Å². The number of hydrogen-bond donors (Lipinski definition) is 0. The maximum absolute atomic E-state index is 4.73. The Morgan fingerprint density at radius 1 is 1.13 bits per heavy atom. The van der Waals surface area contributed by atoms with Gasteiger partial charge >= 0.3 is 0 Å². The van der Waals surface area contributed by atoms with Crippen LogP contribution in [0, 0.1) is 13.8 Å². The summed E-state index contributed by atoms with van der Waals surface area (Å²) in [5.41, 5.74) is 5.31. The van der Waals surface area contributed by atoms with Crippen LogP contribution in [-0.2, 0) is 5.41 Å². The predicted molar refractivity (Wildman–Crippen MR) is 66.5 cm³/mol. The zero-order valence-corrected chi connectivity index (χ0v) is 11.1. The molecule has 1 heteroatoms. The van der Waals surface area contributed by atoms with Crippen molar-refractivity contribution in [1.82, 2.24) is 4.98 Å². The van der Waals surface area contributed by atoms with Gasteiger partial charge < -0.3 is 0 Å². The van der Waals surface area contributed by atoms with Gasteiger partial charge in [-0.05, 0) is 37.0 Å². The highest BCUT2D eigenvalue weighted by Crippen LogP contribution is 2.27. The second kappa shape index (κ2) is 3.96. The largest absolute Gasteiger partial charge is 0.257 e. The predicted octanol–water partition coefficient (Wildman–Crippen LogP) is 4.12. The molecule has 0 saturated heterocycles. The zero-order chi connectivity index (χ0) is 11.8. The number of pyridine rings is 1. The molecule has 1 rings (SSSR count). The zero-order valence-electron chi connectivity index (χ0n) is 11.1. The summed E-state index contributed by atoms with van der Waals surface area (Å²) in [4.78, 5) is 4.73. The number of aryl methyl sites for hydroxylation is 2. The van der Waals surface area contributed by atoms with E-state index < -0.39 is 0 Å². The summed E-state index contributed by atoms with van der Waals surface area (Å²) in [7, 11) is 0. The Balaban J connectivity index is 3.32. The Labute approximate surface area is 93.9 Å². The summed E-state index contributed by atoms with van der Waals surface area (Å²) in [5.74, 6) is 0.562. The Morgan fingerprint density at radius 3 is 2.00 bits per heavy atom. The average molecular weight is 205 g/mol. The van der Waals surface area contributed by atoms with E-state index in [2.05, 4.69) is 54.5 Å². The van der Waals surface area contributed by atoms with Gasteiger partial charge in [0.05, 0.1) is 0 Å². The van der Waals surface area contributed by atoms with Crippen molar-refractivity contribution in [3.63, 3.8) is 0 Å². The van der Waals surface area contributed by atoms with Gasteiger partial charge in [0, 0.05) is 16.8 Å². The van der Waals surface area contributed by atoms with Gasteiger partial charge in [0.1, 0.15) is 0 Å². The summed E-state index contributed by atoms with van der Waals surface area (Å²) in [6, 6.07) is 2.24. The van der Waals surface area contributed by atoms with Crippen molar-refractivity contribution in [2.75, 3.05) is 0 Å². The summed E-state index contributed by atoms with van der Waals surface area (Å²) < 4.78 is 0. The van der Waals surface area contributed by atoms with Gasteiger partial charge in [-0.15, -0.1) is 0 Å². The molecule has 15 heavy (non-hydrogen) atoms. The number of nitrogens with zero attached hydrogens (tertiary/aromatic N) is 1. The lowest BCUT2D eigenvalue weighted by atomic mass is 9.88. The van der Waals surface area contributed by atoms with Gasteiger partial charge in [0.2, 0.25) is 0 Å². The highest BCUT2D eigenvalue weighted by atomic mass is 14.7.